The molecule has 1 aromatic carbocycles. The molecule has 0 saturated heterocycles. The first-order chi connectivity index (χ1) is 9.19. The van der Waals surface area contributed by atoms with E-state index in [2.05, 4.69) is 5.32 Å². The van der Waals surface area contributed by atoms with E-state index in [4.69, 9.17) is 14.2 Å². The summed E-state index contributed by atoms with van der Waals surface area (Å²) >= 11 is 0. The minimum Gasteiger partial charge on any atom is -0.493 e. The maximum atomic E-state index is 6.03. The lowest BCUT2D eigenvalue weighted by Gasteiger charge is -2.43. The fourth-order valence-corrected chi connectivity index (χ4v) is 2.43. The Bertz CT molecular complexity index is 422. The maximum Gasteiger partial charge on any atom is 0.161 e. The lowest BCUT2D eigenvalue weighted by molar-refractivity contribution is -0.103. The zero-order chi connectivity index (χ0) is 13.8. The first kappa shape index (κ1) is 14.2. The van der Waals surface area contributed by atoms with Crippen molar-refractivity contribution < 1.29 is 14.2 Å². The van der Waals surface area contributed by atoms with E-state index in [1.165, 1.54) is 0 Å². The minimum absolute atomic E-state index is 0.0917. The fraction of sp³-hybridized carbons (Fsp3) is 0.600. The molecule has 0 aromatic heterocycles. The van der Waals surface area contributed by atoms with Crippen LogP contribution in [0, 0.1) is 6.92 Å². The number of hydrogen-bond donors (Lipinski definition) is 1. The van der Waals surface area contributed by atoms with Crippen LogP contribution in [-0.4, -0.2) is 39.0 Å². The molecule has 1 N–H and O–H groups in total. The summed E-state index contributed by atoms with van der Waals surface area (Å²) in [6, 6.07) is 6.35. The van der Waals surface area contributed by atoms with Gasteiger partial charge in [0.2, 0.25) is 0 Å². The number of rotatable bonds is 6. The molecule has 0 bridgehead atoms. The van der Waals surface area contributed by atoms with E-state index in [9.17, 15) is 0 Å². The standard InChI is InChI=1S/C15H23NO3/c1-5-18-15-11(16-3)9-14(15)19-12-7-6-10(2)8-13(12)17-4/h6-8,11,14-16H,5,9H2,1-4H3. The largest absolute Gasteiger partial charge is 0.493 e. The molecule has 1 fully saturated rings. The van der Waals surface area contributed by atoms with Gasteiger partial charge in [0.05, 0.1) is 7.11 Å². The zero-order valence-corrected chi connectivity index (χ0v) is 12.1. The van der Waals surface area contributed by atoms with Crippen molar-refractivity contribution in [1.29, 1.82) is 0 Å². The van der Waals surface area contributed by atoms with Gasteiger partial charge in [-0.2, -0.15) is 0 Å². The van der Waals surface area contributed by atoms with Crippen molar-refractivity contribution in [2.45, 2.75) is 38.5 Å². The van der Waals surface area contributed by atoms with Gasteiger partial charge >= 0.3 is 0 Å². The van der Waals surface area contributed by atoms with Gasteiger partial charge in [-0.3, -0.25) is 0 Å². The number of aryl methyl sites for hydroxylation is 1. The molecule has 1 saturated carbocycles. The number of methoxy groups -OCH3 is 1. The lowest BCUT2D eigenvalue weighted by Crippen LogP contribution is -2.60. The normalized spacial score (nSPS) is 25.8. The third kappa shape index (κ3) is 3.01. The Hall–Kier alpha value is -1.26. The molecule has 1 aliphatic carbocycles. The summed E-state index contributed by atoms with van der Waals surface area (Å²) in [5.74, 6) is 1.57. The molecular weight excluding hydrogens is 242 g/mol. The molecule has 19 heavy (non-hydrogen) atoms. The van der Waals surface area contributed by atoms with E-state index >= 15 is 0 Å². The van der Waals surface area contributed by atoms with Crippen molar-refractivity contribution in [3.8, 4) is 11.5 Å². The molecule has 106 valence electrons. The molecule has 3 unspecified atom stereocenters. The maximum absolute atomic E-state index is 6.03. The molecule has 2 rings (SSSR count). The van der Waals surface area contributed by atoms with Gasteiger partial charge in [-0.25, -0.2) is 0 Å². The first-order valence-corrected chi connectivity index (χ1v) is 6.79. The Kier molecular flexibility index (Phi) is 4.66. The number of benzene rings is 1. The van der Waals surface area contributed by atoms with E-state index in [0.717, 1.165) is 23.5 Å². The smallest absolute Gasteiger partial charge is 0.161 e. The molecule has 3 atom stereocenters. The van der Waals surface area contributed by atoms with Crippen LogP contribution < -0.4 is 14.8 Å². The predicted molar refractivity (Wildman–Crippen MR) is 75.0 cm³/mol. The van der Waals surface area contributed by atoms with Crippen LogP contribution in [0.1, 0.15) is 18.9 Å². The zero-order valence-electron chi connectivity index (χ0n) is 12.1. The van der Waals surface area contributed by atoms with Gasteiger partial charge in [-0.05, 0) is 38.6 Å². The van der Waals surface area contributed by atoms with Crippen molar-refractivity contribution in [2.75, 3.05) is 20.8 Å². The molecule has 0 spiro atoms. The van der Waals surface area contributed by atoms with Crippen LogP contribution in [0.4, 0.5) is 0 Å². The minimum atomic E-state index is 0.0917. The van der Waals surface area contributed by atoms with Crippen LogP contribution in [0.25, 0.3) is 0 Å². The Morgan fingerprint density at radius 1 is 1.32 bits per heavy atom. The quantitative estimate of drug-likeness (QED) is 0.855. The van der Waals surface area contributed by atoms with Gasteiger partial charge in [-0.15, -0.1) is 0 Å². The lowest BCUT2D eigenvalue weighted by atomic mass is 9.85. The van der Waals surface area contributed by atoms with Crippen molar-refractivity contribution in [3.05, 3.63) is 23.8 Å². The number of hydrogen-bond acceptors (Lipinski definition) is 4. The summed E-state index contributed by atoms with van der Waals surface area (Å²) in [7, 11) is 3.62. The second-order valence-electron chi connectivity index (χ2n) is 4.86. The van der Waals surface area contributed by atoms with Crippen molar-refractivity contribution in [1.82, 2.24) is 5.32 Å². The average Bonchev–Trinajstić information content (AvgIpc) is 2.41. The third-order valence-electron chi connectivity index (χ3n) is 3.58. The van der Waals surface area contributed by atoms with Gasteiger partial charge in [-0.1, -0.05) is 6.07 Å². The highest BCUT2D eigenvalue weighted by atomic mass is 16.6. The summed E-state index contributed by atoms with van der Waals surface area (Å²) in [6.07, 6.45) is 1.16. The molecule has 4 heteroatoms. The van der Waals surface area contributed by atoms with E-state index in [0.29, 0.717) is 12.6 Å². The molecule has 0 aliphatic heterocycles. The van der Waals surface area contributed by atoms with Gasteiger partial charge < -0.3 is 19.5 Å². The third-order valence-corrected chi connectivity index (χ3v) is 3.58. The van der Waals surface area contributed by atoms with Gasteiger partial charge in [0.25, 0.3) is 0 Å². The SMILES string of the molecule is CCOC1C(NC)CC1Oc1ccc(C)cc1OC. The molecule has 1 aromatic rings. The second-order valence-corrected chi connectivity index (χ2v) is 4.86. The van der Waals surface area contributed by atoms with E-state index in [1.807, 2.05) is 39.1 Å². The fourth-order valence-electron chi connectivity index (χ4n) is 2.43. The summed E-state index contributed by atoms with van der Waals surface area (Å²) < 4.78 is 17.1. The van der Waals surface area contributed by atoms with Crippen molar-refractivity contribution in [3.63, 3.8) is 0 Å². The van der Waals surface area contributed by atoms with Crippen LogP contribution in [-0.2, 0) is 4.74 Å². The molecule has 1 aliphatic rings. The van der Waals surface area contributed by atoms with E-state index < -0.39 is 0 Å². The molecule has 0 radical (unpaired) electrons. The number of ether oxygens (including phenoxy) is 3. The molecule has 4 nitrogen and oxygen atoms in total. The summed E-state index contributed by atoms with van der Waals surface area (Å²) in [5.41, 5.74) is 1.16. The Morgan fingerprint density at radius 3 is 2.74 bits per heavy atom. The van der Waals surface area contributed by atoms with Crippen molar-refractivity contribution in [2.24, 2.45) is 0 Å². The van der Waals surface area contributed by atoms with Gasteiger partial charge in [0, 0.05) is 19.1 Å². The van der Waals surface area contributed by atoms with Crippen LogP contribution in [0.5, 0.6) is 11.5 Å². The Balaban J connectivity index is 2.05. The van der Waals surface area contributed by atoms with Crippen molar-refractivity contribution >= 4 is 0 Å². The Morgan fingerprint density at radius 2 is 2.11 bits per heavy atom. The van der Waals surface area contributed by atoms with Gasteiger partial charge in [0.1, 0.15) is 12.2 Å². The number of likely N-dealkylation sites (N-methyl/N-ethyl adjacent to an activating group) is 1. The molecular formula is C15H23NO3. The predicted octanol–water partition coefficient (Wildman–Crippen LogP) is 2.15. The van der Waals surface area contributed by atoms with Crippen LogP contribution in [0.2, 0.25) is 0 Å². The average molecular weight is 265 g/mol. The highest BCUT2D eigenvalue weighted by molar-refractivity contribution is 5.42. The highest BCUT2D eigenvalue weighted by Crippen LogP contribution is 2.34. The summed E-state index contributed by atoms with van der Waals surface area (Å²) in [4.78, 5) is 0. The Labute approximate surface area is 115 Å². The van der Waals surface area contributed by atoms with E-state index in [1.54, 1.807) is 7.11 Å². The second kappa shape index (κ2) is 6.26. The van der Waals surface area contributed by atoms with Crippen LogP contribution >= 0.6 is 0 Å². The van der Waals surface area contributed by atoms with Crippen LogP contribution in [0.3, 0.4) is 0 Å². The topological polar surface area (TPSA) is 39.7 Å². The van der Waals surface area contributed by atoms with Gasteiger partial charge in [0.15, 0.2) is 11.5 Å². The first-order valence-electron chi connectivity index (χ1n) is 6.79. The molecule has 0 heterocycles. The highest BCUT2D eigenvalue weighted by Gasteiger charge is 2.43. The number of nitrogens with one attached hydrogen (secondary N) is 1. The van der Waals surface area contributed by atoms with Crippen LogP contribution in [0.15, 0.2) is 18.2 Å². The molecule has 0 amide bonds. The summed E-state index contributed by atoms with van der Waals surface area (Å²) in [5, 5.41) is 3.25. The summed E-state index contributed by atoms with van der Waals surface area (Å²) in [6.45, 7) is 4.75. The monoisotopic (exact) mass is 265 g/mol. The van der Waals surface area contributed by atoms with E-state index in [-0.39, 0.29) is 12.2 Å².